The van der Waals surface area contributed by atoms with E-state index in [4.69, 9.17) is 11.6 Å². The molecule has 2 aromatic rings. The van der Waals surface area contributed by atoms with Gasteiger partial charge in [0.1, 0.15) is 0 Å². The van der Waals surface area contributed by atoms with E-state index in [0.29, 0.717) is 10.7 Å². The quantitative estimate of drug-likeness (QED) is 0.871. The number of fused-ring (bicyclic) bond motifs is 1. The maximum atomic E-state index is 12.5. The van der Waals surface area contributed by atoms with Crippen molar-refractivity contribution in [3.63, 3.8) is 0 Å². The van der Waals surface area contributed by atoms with Crippen LogP contribution in [0.3, 0.4) is 0 Å². The van der Waals surface area contributed by atoms with Gasteiger partial charge < -0.3 is 5.32 Å². The van der Waals surface area contributed by atoms with Crippen LogP contribution in [0.2, 0.25) is 5.02 Å². The summed E-state index contributed by atoms with van der Waals surface area (Å²) in [6, 6.07) is 15.5. The van der Waals surface area contributed by atoms with Gasteiger partial charge in [-0.05, 0) is 42.5 Å². The van der Waals surface area contributed by atoms with Gasteiger partial charge in [0, 0.05) is 0 Å². The van der Waals surface area contributed by atoms with Crippen molar-refractivity contribution in [2.45, 2.75) is 25.2 Å². The Bertz CT molecular complexity index is 638. The number of halogens is 1. The fraction of sp³-hybridized carbons (Fsp3) is 0.235. The standard InChI is InChI=1S/C17H16ClNO/c18-15-10-3-4-11-16(15)19-17(20)14-9-5-7-12-6-1-2-8-13(12)14/h1-4,6,8,10-11,14H,5,7,9H2,(H,19,20)/t14-/m1/s1. The van der Waals surface area contributed by atoms with E-state index in [2.05, 4.69) is 17.4 Å². The smallest absolute Gasteiger partial charge is 0.231 e. The number of carbonyl (C=O) groups excluding carboxylic acids is 1. The van der Waals surface area contributed by atoms with Gasteiger partial charge in [-0.15, -0.1) is 0 Å². The summed E-state index contributed by atoms with van der Waals surface area (Å²) in [5, 5.41) is 3.52. The van der Waals surface area contributed by atoms with Gasteiger partial charge in [-0.25, -0.2) is 0 Å². The van der Waals surface area contributed by atoms with Gasteiger partial charge in [-0.1, -0.05) is 48.0 Å². The number of amides is 1. The molecule has 1 aliphatic carbocycles. The molecule has 3 rings (SSSR count). The van der Waals surface area contributed by atoms with Crippen molar-refractivity contribution in [3.05, 3.63) is 64.7 Å². The predicted octanol–water partition coefficient (Wildman–Crippen LogP) is 4.40. The van der Waals surface area contributed by atoms with Crippen molar-refractivity contribution in [2.75, 3.05) is 5.32 Å². The number of nitrogens with one attached hydrogen (secondary N) is 1. The minimum absolute atomic E-state index is 0.0326. The summed E-state index contributed by atoms with van der Waals surface area (Å²) in [6.45, 7) is 0. The van der Waals surface area contributed by atoms with E-state index in [0.717, 1.165) is 24.8 Å². The zero-order valence-electron chi connectivity index (χ0n) is 11.1. The number of benzene rings is 2. The lowest BCUT2D eigenvalue weighted by Crippen LogP contribution is -2.24. The summed E-state index contributed by atoms with van der Waals surface area (Å²) >= 11 is 6.09. The molecule has 2 nitrogen and oxygen atoms in total. The van der Waals surface area contributed by atoms with Crippen LogP contribution in [0, 0.1) is 0 Å². The van der Waals surface area contributed by atoms with Crippen LogP contribution in [0.5, 0.6) is 0 Å². The molecule has 0 saturated carbocycles. The molecule has 0 unspecified atom stereocenters. The summed E-state index contributed by atoms with van der Waals surface area (Å²) in [4.78, 5) is 12.5. The molecule has 0 bridgehead atoms. The van der Waals surface area contributed by atoms with Crippen molar-refractivity contribution >= 4 is 23.2 Å². The lowest BCUT2D eigenvalue weighted by molar-refractivity contribution is -0.117. The average molecular weight is 286 g/mol. The summed E-state index contributed by atoms with van der Waals surface area (Å²) < 4.78 is 0. The lowest BCUT2D eigenvalue weighted by Gasteiger charge is -2.24. The molecule has 0 aromatic heterocycles. The SMILES string of the molecule is O=C(Nc1ccccc1Cl)[C@@H]1CCCc2ccccc21. The molecule has 0 radical (unpaired) electrons. The Balaban J connectivity index is 1.84. The highest BCUT2D eigenvalue weighted by atomic mass is 35.5. The minimum Gasteiger partial charge on any atom is -0.324 e. The van der Waals surface area contributed by atoms with E-state index in [1.807, 2.05) is 30.3 Å². The third-order valence-corrected chi connectivity index (χ3v) is 4.15. The Kier molecular flexibility index (Phi) is 3.75. The van der Waals surface area contributed by atoms with Gasteiger partial charge in [0.25, 0.3) is 0 Å². The van der Waals surface area contributed by atoms with Gasteiger partial charge in [0.15, 0.2) is 0 Å². The maximum Gasteiger partial charge on any atom is 0.231 e. The number of para-hydroxylation sites is 1. The number of aryl methyl sites for hydroxylation is 1. The second-order valence-electron chi connectivity index (χ2n) is 5.11. The Hall–Kier alpha value is -1.80. The highest BCUT2D eigenvalue weighted by Gasteiger charge is 2.26. The molecule has 0 aliphatic heterocycles. The van der Waals surface area contributed by atoms with Crippen LogP contribution in [-0.2, 0) is 11.2 Å². The molecule has 2 aromatic carbocycles. The molecule has 0 spiro atoms. The Morgan fingerprint density at radius 2 is 1.85 bits per heavy atom. The minimum atomic E-state index is -0.0729. The van der Waals surface area contributed by atoms with E-state index in [9.17, 15) is 4.79 Å². The van der Waals surface area contributed by atoms with Crippen LogP contribution in [0.4, 0.5) is 5.69 Å². The van der Waals surface area contributed by atoms with Crippen LogP contribution < -0.4 is 5.32 Å². The van der Waals surface area contributed by atoms with Crippen LogP contribution in [0.25, 0.3) is 0 Å². The number of rotatable bonds is 2. The van der Waals surface area contributed by atoms with Gasteiger partial charge >= 0.3 is 0 Å². The molecule has 3 heteroatoms. The third-order valence-electron chi connectivity index (χ3n) is 3.82. The first kappa shape index (κ1) is 13.2. The van der Waals surface area contributed by atoms with E-state index in [1.54, 1.807) is 6.07 Å². The molecule has 1 aliphatic rings. The Morgan fingerprint density at radius 3 is 2.70 bits per heavy atom. The second kappa shape index (κ2) is 5.68. The summed E-state index contributed by atoms with van der Waals surface area (Å²) in [5.74, 6) is -0.0403. The summed E-state index contributed by atoms with van der Waals surface area (Å²) in [5.41, 5.74) is 3.13. The zero-order valence-corrected chi connectivity index (χ0v) is 11.9. The Labute approximate surface area is 123 Å². The lowest BCUT2D eigenvalue weighted by atomic mass is 9.82. The molecule has 102 valence electrons. The van der Waals surface area contributed by atoms with Gasteiger partial charge in [-0.2, -0.15) is 0 Å². The van der Waals surface area contributed by atoms with E-state index in [-0.39, 0.29) is 11.8 Å². The zero-order chi connectivity index (χ0) is 13.9. The first-order valence-corrected chi connectivity index (χ1v) is 7.26. The van der Waals surface area contributed by atoms with Crippen molar-refractivity contribution in [3.8, 4) is 0 Å². The molecule has 0 heterocycles. The van der Waals surface area contributed by atoms with Gasteiger partial charge in [0.05, 0.1) is 16.6 Å². The third kappa shape index (κ3) is 2.56. The van der Waals surface area contributed by atoms with Gasteiger partial charge in [-0.3, -0.25) is 4.79 Å². The predicted molar refractivity (Wildman–Crippen MR) is 82.2 cm³/mol. The highest BCUT2D eigenvalue weighted by Crippen LogP contribution is 2.33. The number of hydrogen-bond donors (Lipinski definition) is 1. The second-order valence-corrected chi connectivity index (χ2v) is 5.52. The van der Waals surface area contributed by atoms with Gasteiger partial charge in [0.2, 0.25) is 5.91 Å². The fourth-order valence-electron chi connectivity index (χ4n) is 2.81. The maximum absolute atomic E-state index is 12.5. The van der Waals surface area contributed by atoms with Crippen molar-refractivity contribution in [2.24, 2.45) is 0 Å². The van der Waals surface area contributed by atoms with E-state index in [1.165, 1.54) is 5.56 Å². The van der Waals surface area contributed by atoms with E-state index >= 15 is 0 Å². The van der Waals surface area contributed by atoms with Crippen LogP contribution in [0.1, 0.15) is 29.9 Å². The van der Waals surface area contributed by atoms with Crippen molar-refractivity contribution < 1.29 is 4.79 Å². The fourth-order valence-corrected chi connectivity index (χ4v) is 2.99. The van der Waals surface area contributed by atoms with Crippen molar-refractivity contribution in [1.82, 2.24) is 0 Å². The van der Waals surface area contributed by atoms with E-state index < -0.39 is 0 Å². The monoisotopic (exact) mass is 285 g/mol. The first-order valence-electron chi connectivity index (χ1n) is 6.89. The number of anilines is 1. The normalized spacial score (nSPS) is 17.4. The van der Waals surface area contributed by atoms with Crippen LogP contribution in [-0.4, -0.2) is 5.91 Å². The Morgan fingerprint density at radius 1 is 1.10 bits per heavy atom. The molecule has 1 amide bonds. The molecular formula is C17H16ClNO. The molecule has 20 heavy (non-hydrogen) atoms. The highest BCUT2D eigenvalue weighted by molar-refractivity contribution is 6.33. The van der Waals surface area contributed by atoms with Crippen LogP contribution in [0.15, 0.2) is 48.5 Å². The molecule has 0 fully saturated rings. The molecule has 0 saturated heterocycles. The number of hydrogen-bond acceptors (Lipinski definition) is 1. The average Bonchev–Trinajstić information content (AvgIpc) is 2.49. The topological polar surface area (TPSA) is 29.1 Å². The molecule has 1 N–H and O–H groups in total. The molecular weight excluding hydrogens is 270 g/mol. The molecule has 1 atom stereocenters. The summed E-state index contributed by atoms with van der Waals surface area (Å²) in [7, 11) is 0. The summed E-state index contributed by atoms with van der Waals surface area (Å²) in [6.07, 6.45) is 3.01. The van der Waals surface area contributed by atoms with Crippen molar-refractivity contribution in [1.29, 1.82) is 0 Å². The first-order chi connectivity index (χ1) is 9.75. The van der Waals surface area contributed by atoms with Crippen LogP contribution >= 0.6 is 11.6 Å². The largest absolute Gasteiger partial charge is 0.324 e. The number of carbonyl (C=O) groups is 1.